The van der Waals surface area contributed by atoms with Gasteiger partial charge in [0.1, 0.15) is 11.9 Å². The number of nitrogens with one attached hydrogen (secondary N) is 1. The first kappa shape index (κ1) is 13.5. The highest BCUT2D eigenvalue weighted by atomic mass is 79.9. The molecule has 20 heavy (non-hydrogen) atoms. The maximum absolute atomic E-state index is 9.89. The summed E-state index contributed by atoms with van der Waals surface area (Å²) in [5, 5.41) is 13.1. The summed E-state index contributed by atoms with van der Waals surface area (Å²) in [6.07, 6.45) is 0.899. The molecular weight excluding hydrogens is 326 g/mol. The Morgan fingerprint density at radius 2 is 2.25 bits per heavy atom. The van der Waals surface area contributed by atoms with E-state index in [9.17, 15) is 5.11 Å². The summed E-state index contributed by atoms with van der Waals surface area (Å²) in [5.41, 5.74) is 1.05. The molecule has 0 bridgehead atoms. The second-order valence-corrected chi connectivity index (χ2v) is 5.33. The maximum Gasteiger partial charge on any atom is 0.231 e. The number of ether oxygens (including phenoxy) is 2. The Labute approximate surface area is 124 Å². The minimum atomic E-state index is -0.651. The van der Waals surface area contributed by atoms with Crippen molar-refractivity contribution in [2.75, 3.05) is 13.3 Å². The van der Waals surface area contributed by atoms with E-state index in [-0.39, 0.29) is 6.79 Å². The van der Waals surface area contributed by atoms with Gasteiger partial charge in [0.05, 0.1) is 10.7 Å². The zero-order chi connectivity index (χ0) is 13.9. The normalized spacial score (nSPS) is 14.5. The Bertz CT molecular complexity index is 585. The predicted octanol–water partition coefficient (Wildman–Crippen LogP) is 2.59. The zero-order valence-corrected chi connectivity index (χ0v) is 12.2. The van der Waals surface area contributed by atoms with Gasteiger partial charge < -0.3 is 24.3 Å². The molecule has 0 radical (unpaired) electrons. The molecule has 0 spiro atoms. The topological polar surface area (TPSA) is 63.9 Å². The van der Waals surface area contributed by atoms with E-state index in [2.05, 4.69) is 21.2 Å². The Morgan fingerprint density at radius 1 is 1.35 bits per heavy atom. The molecule has 1 aromatic carbocycles. The van der Waals surface area contributed by atoms with E-state index in [0.717, 1.165) is 21.5 Å². The van der Waals surface area contributed by atoms with Gasteiger partial charge in [-0.3, -0.25) is 0 Å². The Kier molecular flexibility index (Phi) is 3.95. The van der Waals surface area contributed by atoms with Crippen molar-refractivity contribution in [3.63, 3.8) is 0 Å². The molecule has 3 rings (SSSR count). The number of aliphatic hydroxyl groups is 1. The van der Waals surface area contributed by atoms with Crippen LogP contribution in [0.15, 0.2) is 39.4 Å². The molecule has 106 valence electrons. The van der Waals surface area contributed by atoms with Crippen LogP contribution in [0.3, 0.4) is 0 Å². The lowest BCUT2D eigenvalue weighted by Gasteiger charge is -2.10. The molecular formula is C14H14BrNO4. The highest BCUT2D eigenvalue weighted by Gasteiger charge is 2.18. The smallest absolute Gasteiger partial charge is 0.231 e. The van der Waals surface area contributed by atoms with Gasteiger partial charge in [0.2, 0.25) is 6.79 Å². The van der Waals surface area contributed by atoms with E-state index < -0.39 is 6.10 Å². The van der Waals surface area contributed by atoms with Crippen LogP contribution in [-0.4, -0.2) is 18.4 Å². The average Bonchev–Trinajstić information content (AvgIpc) is 3.09. The minimum absolute atomic E-state index is 0.252. The standard InChI is InChI=1S/C14H14BrNO4/c15-10-4-9(5-13-14(10)20-8-19-13)6-16-7-11(17)12-2-1-3-18-12/h1-5,11,16-17H,6-8H2. The molecule has 0 amide bonds. The lowest BCUT2D eigenvalue weighted by Crippen LogP contribution is -2.20. The van der Waals surface area contributed by atoms with Gasteiger partial charge in [0.25, 0.3) is 0 Å². The first-order chi connectivity index (χ1) is 9.74. The van der Waals surface area contributed by atoms with Gasteiger partial charge in [0.15, 0.2) is 11.5 Å². The Balaban J connectivity index is 1.58. The van der Waals surface area contributed by atoms with Gasteiger partial charge in [-0.1, -0.05) is 0 Å². The fourth-order valence-corrected chi connectivity index (χ4v) is 2.66. The van der Waals surface area contributed by atoms with Crippen LogP contribution in [0.5, 0.6) is 11.5 Å². The third kappa shape index (κ3) is 2.82. The molecule has 1 aromatic heterocycles. The minimum Gasteiger partial charge on any atom is -0.467 e. The lowest BCUT2D eigenvalue weighted by molar-refractivity contribution is 0.147. The lowest BCUT2D eigenvalue weighted by atomic mass is 10.2. The van der Waals surface area contributed by atoms with Crippen LogP contribution < -0.4 is 14.8 Å². The third-order valence-electron chi connectivity index (χ3n) is 3.03. The summed E-state index contributed by atoms with van der Waals surface area (Å²) in [6, 6.07) is 7.41. The number of halogens is 1. The third-order valence-corrected chi connectivity index (χ3v) is 3.61. The van der Waals surface area contributed by atoms with Crippen LogP contribution in [0, 0.1) is 0 Å². The van der Waals surface area contributed by atoms with Gasteiger partial charge in [0, 0.05) is 13.1 Å². The van der Waals surface area contributed by atoms with Crippen molar-refractivity contribution in [1.82, 2.24) is 5.32 Å². The first-order valence-corrected chi connectivity index (χ1v) is 7.03. The molecule has 0 saturated carbocycles. The van der Waals surface area contributed by atoms with Crippen LogP contribution in [0.25, 0.3) is 0 Å². The summed E-state index contributed by atoms with van der Waals surface area (Å²) in [6.45, 7) is 1.29. The van der Waals surface area contributed by atoms with Crippen LogP contribution >= 0.6 is 15.9 Å². The van der Waals surface area contributed by atoms with E-state index in [1.54, 1.807) is 18.4 Å². The van der Waals surface area contributed by atoms with Gasteiger partial charge in [-0.25, -0.2) is 0 Å². The fourth-order valence-electron chi connectivity index (χ4n) is 2.06. The molecule has 1 atom stereocenters. The van der Waals surface area contributed by atoms with Gasteiger partial charge >= 0.3 is 0 Å². The number of hydrogen-bond donors (Lipinski definition) is 2. The summed E-state index contributed by atoms with van der Waals surface area (Å²) >= 11 is 3.45. The number of furan rings is 1. The first-order valence-electron chi connectivity index (χ1n) is 6.24. The van der Waals surface area contributed by atoms with E-state index in [4.69, 9.17) is 13.9 Å². The average molecular weight is 340 g/mol. The van der Waals surface area contributed by atoms with Crippen LogP contribution in [0.1, 0.15) is 17.4 Å². The number of hydrogen-bond acceptors (Lipinski definition) is 5. The Morgan fingerprint density at radius 3 is 3.05 bits per heavy atom. The second-order valence-electron chi connectivity index (χ2n) is 4.47. The Hall–Kier alpha value is -1.50. The molecule has 5 nitrogen and oxygen atoms in total. The largest absolute Gasteiger partial charge is 0.467 e. The molecule has 0 aliphatic carbocycles. The number of benzene rings is 1. The second kappa shape index (κ2) is 5.87. The van der Waals surface area contributed by atoms with Crippen molar-refractivity contribution in [3.05, 3.63) is 46.3 Å². The van der Waals surface area contributed by atoms with Crippen LogP contribution in [0.4, 0.5) is 0 Å². The van der Waals surface area contributed by atoms with E-state index in [1.165, 1.54) is 0 Å². The molecule has 6 heteroatoms. The molecule has 2 N–H and O–H groups in total. The van der Waals surface area contributed by atoms with Gasteiger partial charge in [-0.2, -0.15) is 0 Å². The summed E-state index contributed by atoms with van der Waals surface area (Å²) < 4.78 is 16.7. The summed E-state index contributed by atoms with van der Waals surface area (Å²) in [7, 11) is 0. The van der Waals surface area contributed by atoms with Crippen LogP contribution in [-0.2, 0) is 6.54 Å². The highest BCUT2D eigenvalue weighted by Crippen LogP contribution is 2.39. The molecule has 2 aromatic rings. The van der Waals surface area contributed by atoms with Crippen molar-refractivity contribution < 1.29 is 19.0 Å². The zero-order valence-electron chi connectivity index (χ0n) is 10.6. The van der Waals surface area contributed by atoms with Crippen molar-refractivity contribution in [3.8, 4) is 11.5 Å². The van der Waals surface area contributed by atoms with Crippen LogP contribution in [0.2, 0.25) is 0 Å². The predicted molar refractivity (Wildman–Crippen MR) is 75.6 cm³/mol. The fraction of sp³-hybridized carbons (Fsp3) is 0.286. The SMILES string of the molecule is OC(CNCc1cc(Br)c2c(c1)OCO2)c1ccco1. The van der Waals surface area contributed by atoms with E-state index in [0.29, 0.717) is 18.8 Å². The quantitative estimate of drug-likeness (QED) is 0.876. The molecule has 0 fully saturated rings. The van der Waals surface area contributed by atoms with E-state index >= 15 is 0 Å². The van der Waals surface area contributed by atoms with E-state index in [1.807, 2.05) is 12.1 Å². The summed E-state index contributed by atoms with van der Waals surface area (Å²) in [4.78, 5) is 0. The molecule has 1 aliphatic heterocycles. The van der Waals surface area contributed by atoms with Crippen molar-refractivity contribution in [2.24, 2.45) is 0 Å². The molecule has 1 aliphatic rings. The number of aliphatic hydroxyl groups excluding tert-OH is 1. The van der Waals surface area contributed by atoms with Crippen molar-refractivity contribution in [1.29, 1.82) is 0 Å². The molecule has 1 unspecified atom stereocenters. The molecule has 2 heterocycles. The summed E-state index contributed by atoms with van der Waals surface area (Å²) in [5.74, 6) is 2.04. The van der Waals surface area contributed by atoms with Gasteiger partial charge in [-0.15, -0.1) is 0 Å². The maximum atomic E-state index is 9.89. The molecule has 0 saturated heterocycles. The van der Waals surface area contributed by atoms with Gasteiger partial charge in [-0.05, 0) is 45.8 Å². The van der Waals surface area contributed by atoms with Crippen molar-refractivity contribution in [2.45, 2.75) is 12.6 Å². The monoisotopic (exact) mass is 339 g/mol. The van der Waals surface area contributed by atoms with Crippen molar-refractivity contribution >= 4 is 15.9 Å². The highest BCUT2D eigenvalue weighted by molar-refractivity contribution is 9.10. The number of rotatable bonds is 5. The number of fused-ring (bicyclic) bond motifs is 1.